The fourth-order valence-electron chi connectivity index (χ4n) is 5.71. The van der Waals surface area contributed by atoms with Gasteiger partial charge in [-0.3, -0.25) is 19.1 Å². The number of fused-ring (bicyclic) bond motifs is 4. The molecule has 0 aliphatic carbocycles. The molecule has 0 unspecified atom stereocenters. The maximum absolute atomic E-state index is 14.0. The molecule has 0 radical (unpaired) electrons. The largest absolute Gasteiger partial charge is 0.333 e. The Hall–Kier alpha value is -5.07. The Morgan fingerprint density at radius 1 is 1.09 bits per heavy atom. The van der Waals surface area contributed by atoms with E-state index in [4.69, 9.17) is 4.98 Å². The second-order valence-electron chi connectivity index (χ2n) is 11.4. The van der Waals surface area contributed by atoms with Crippen molar-refractivity contribution >= 4 is 11.6 Å². The Morgan fingerprint density at radius 2 is 1.91 bits per heavy atom. The van der Waals surface area contributed by atoms with Crippen molar-refractivity contribution in [2.75, 3.05) is 5.32 Å². The van der Waals surface area contributed by atoms with Crippen LogP contribution in [0, 0.1) is 19.8 Å². The molecule has 44 heavy (non-hydrogen) atoms. The summed E-state index contributed by atoms with van der Waals surface area (Å²) < 4.78 is 31.8. The van der Waals surface area contributed by atoms with Gasteiger partial charge in [-0.05, 0) is 64.3 Å². The summed E-state index contributed by atoms with van der Waals surface area (Å²) in [5.74, 6) is -0.707. The van der Waals surface area contributed by atoms with Gasteiger partial charge < -0.3 is 5.32 Å². The highest BCUT2D eigenvalue weighted by Crippen LogP contribution is 2.37. The number of pyridine rings is 1. The van der Waals surface area contributed by atoms with Crippen molar-refractivity contribution in [3.05, 3.63) is 88.6 Å². The number of aromatic nitrogens is 8. The molecule has 5 aromatic rings. The maximum atomic E-state index is 14.0. The van der Waals surface area contributed by atoms with E-state index in [0.717, 1.165) is 22.5 Å². The van der Waals surface area contributed by atoms with Gasteiger partial charge in [-0.1, -0.05) is 23.8 Å². The van der Waals surface area contributed by atoms with Gasteiger partial charge in [-0.25, -0.2) is 14.3 Å². The molecular formula is C31H31F2N9O2. The number of halogens is 2. The number of nitrogens with zero attached hydrogens (tertiary/aromatic N) is 8. The highest BCUT2D eigenvalue weighted by Gasteiger charge is 2.34. The van der Waals surface area contributed by atoms with Crippen LogP contribution in [0.5, 0.6) is 0 Å². The maximum Gasteiger partial charge on any atom is 0.333 e. The number of rotatable bonds is 4. The van der Waals surface area contributed by atoms with Gasteiger partial charge in [-0.2, -0.15) is 13.9 Å². The number of hydrogen-bond acceptors (Lipinski definition) is 7. The summed E-state index contributed by atoms with van der Waals surface area (Å²) in [6, 6.07) is 10.5. The molecule has 0 saturated heterocycles. The minimum Gasteiger partial charge on any atom is -0.323 e. The molecule has 1 aliphatic rings. The summed E-state index contributed by atoms with van der Waals surface area (Å²) >= 11 is 0. The highest BCUT2D eigenvalue weighted by atomic mass is 19.3. The van der Waals surface area contributed by atoms with E-state index in [0.29, 0.717) is 40.9 Å². The number of carbonyl (C=O) groups excluding carboxylic acids is 1. The fourth-order valence-corrected chi connectivity index (χ4v) is 5.71. The lowest BCUT2D eigenvalue weighted by atomic mass is 9.87. The molecule has 0 saturated carbocycles. The summed E-state index contributed by atoms with van der Waals surface area (Å²) in [5, 5.41) is 14.9. The van der Waals surface area contributed by atoms with Crippen LogP contribution in [-0.2, 0) is 10.3 Å². The number of amides is 1. The average Bonchev–Trinajstić information content (AvgIpc) is 3.62. The zero-order chi connectivity index (χ0) is 31.2. The molecule has 0 fully saturated rings. The summed E-state index contributed by atoms with van der Waals surface area (Å²) in [6.07, 6.45) is 7.57. The molecule has 2 atom stereocenters. The molecule has 2 bridgehead atoms. The molecule has 4 aromatic heterocycles. The minimum atomic E-state index is -2.93. The molecule has 1 aromatic carbocycles. The van der Waals surface area contributed by atoms with Crippen molar-refractivity contribution in [1.29, 1.82) is 0 Å². The van der Waals surface area contributed by atoms with E-state index in [1.807, 2.05) is 39.0 Å². The Bertz CT molecular complexity index is 1930. The highest BCUT2D eigenvalue weighted by molar-refractivity contribution is 5.95. The van der Waals surface area contributed by atoms with Gasteiger partial charge in [0.05, 0.1) is 58.4 Å². The third kappa shape index (κ3) is 5.18. The summed E-state index contributed by atoms with van der Waals surface area (Å²) in [5.41, 5.74) is 3.44. The van der Waals surface area contributed by atoms with Gasteiger partial charge >= 0.3 is 6.55 Å². The zero-order valence-corrected chi connectivity index (χ0v) is 24.7. The van der Waals surface area contributed by atoms with Gasteiger partial charge in [0.25, 0.3) is 5.56 Å². The van der Waals surface area contributed by atoms with Crippen molar-refractivity contribution in [1.82, 2.24) is 39.3 Å². The number of alkyl halides is 2. The Morgan fingerprint density at radius 3 is 2.64 bits per heavy atom. The monoisotopic (exact) mass is 599 g/mol. The average molecular weight is 600 g/mol. The molecule has 226 valence electrons. The second kappa shape index (κ2) is 11.2. The van der Waals surface area contributed by atoms with Gasteiger partial charge in [0.1, 0.15) is 0 Å². The summed E-state index contributed by atoms with van der Waals surface area (Å²) in [7, 11) is 0. The van der Waals surface area contributed by atoms with Crippen LogP contribution in [0.2, 0.25) is 0 Å². The van der Waals surface area contributed by atoms with Crippen LogP contribution in [-0.4, -0.2) is 45.2 Å². The minimum absolute atomic E-state index is 0.0586. The quantitative estimate of drug-likeness (QED) is 0.298. The number of nitrogens with one attached hydrogen (secondary N) is 1. The van der Waals surface area contributed by atoms with Crippen LogP contribution in [0.25, 0.3) is 28.2 Å². The smallest absolute Gasteiger partial charge is 0.323 e. The lowest BCUT2D eigenvalue weighted by Gasteiger charge is -2.32. The molecule has 0 spiro atoms. The van der Waals surface area contributed by atoms with Crippen LogP contribution >= 0.6 is 0 Å². The van der Waals surface area contributed by atoms with E-state index in [9.17, 15) is 18.4 Å². The predicted molar refractivity (Wildman–Crippen MR) is 159 cm³/mol. The lowest BCUT2D eigenvalue weighted by Crippen LogP contribution is -2.40. The number of carbonyl (C=O) groups is 1. The molecule has 1 N–H and O–H groups in total. The Balaban J connectivity index is 1.49. The predicted octanol–water partition coefficient (Wildman–Crippen LogP) is 5.28. The van der Waals surface area contributed by atoms with E-state index in [-0.39, 0.29) is 22.8 Å². The van der Waals surface area contributed by atoms with E-state index < -0.39 is 18.0 Å². The van der Waals surface area contributed by atoms with E-state index in [1.54, 1.807) is 29.9 Å². The molecule has 6 rings (SSSR count). The van der Waals surface area contributed by atoms with E-state index in [1.165, 1.54) is 29.4 Å². The van der Waals surface area contributed by atoms with E-state index in [2.05, 4.69) is 25.7 Å². The van der Waals surface area contributed by atoms with Gasteiger partial charge in [0.15, 0.2) is 0 Å². The molecule has 11 nitrogen and oxygen atoms in total. The van der Waals surface area contributed by atoms with Crippen LogP contribution < -0.4 is 10.9 Å². The first-order chi connectivity index (χ1) is 21.0. The van der Waals surface area contributed by atoms with Gasteiger partial charge in [0, 0.05) is 29.3 Å². The van der Waals surface area contributed by atoms with Crippen LogP contribution in [0.3, 0.4) is 0 Å². The fraction of sp³-hybridized carbons (Fsp3) is 0.323. The Labute approximate surface area is 251 Å². The molecule has 1 aliphatic heterocycles. The Kier molecular flexibility index (Phi) is 7.39. The number of aryl methyl sites for hydroxylation is 2. The summed E-state index contributed by atoms with van der Waals surface area (Å²) in [6.45, 7) is 4.53. The normalized spacial score (nSPS) is 18.8. The van der Waals surface area contributed by atoms with E-state index >= 15 is 0 Å². The third-order valence-electron chi connectivity index (χ3n) is 8.20. The van der Waals surface area contributed by atoms with Gasteiger partial charge in [0.2, 0.25) is 5.91 Å². The number of anilines is 1. The first-order valence-electron chi connectivity index (χ1n) is 14.3. The van der Waals surface area contributed by atoms with Crippen molar-refractivity contribution in [3.63, 3.8) is 0 Å². The first-order valence-corrected chi connectivity index (χ1v) is 14.3. The van der Waals surface area contributed by atoms with Gasteiger partial charge in [-0.15, -0.1) is 5.10 Å². The van der Waals surface area contributed by atoms with Crippen molar-refractivity contribution < 1.29 is 13.6 Å². The van der Waals surface area contributed by atoms with Crippen molar-refractivity contribution in [2.24, 2.45) is 5.92 Å². The number of benzene rings is 1. The SMILES string of the molecule is Cc1ccc(-n2cc(C)nn2)c(-c2cc(=O)n([C@@]3(C)CCC[C@@H](C)C(=O)Nc4cnn(C(F)F)c4-c4ccnc3c4)cn2)c1. The topological polar surface area (TPSA) is 125 Å². The lowest BCUT2D eigenvalue weighted by molar-refractivity contribution is -0.119. The second-order valence-corrected chi connectivity index (χ2v) is 11.4. The first kappa shape index (κ1) is 29.0. The molecule has 5 heterocycles. The van der Waals surface area contributed by atoms with Crippen LogP contribution in [0.15, 0.2) is 66.1 Å². The summed E-state index contributed by atoms with van der Waals surface area (Å²) in [4.78, 5) is 36.2. The molecule has 1 amide bonds. The van der Waals surface area contributed by atoms with Crippen molar-refractivity contribution in [3.8, 4) is 28.2 Å². The molecule has 13 heteroatoms. The van der Waals surface area contributed by atoms with Crippen molar-refractivity contribution in [2.45, 2.75) is 59.0 Å². The number of hydrogen-bond donors (Lipinski definition) is 1. The van der Waals surface area contributed by atoms with Crippen LogP contribution in [0.1, 0.15) is 56.6 Å². The zero-order valence-electron chi connectivity index (χ0n) is 24.7. The van der Waals surface area contributed by atoms with Crippen LogP contribution in [0.4, 0.5) is 14.5 Å². The standard InChI is InChI=1S/C31H31F2N9O2/c1-18-7-8-25(41-16-20(3)38-39-41)22(12-18)23-14-27(43)40(17-35-23)31(4)10-5-6-19(2)29(44)37-24-15-36-42(30(32)33)28(24)21-9-11-34-26(31)13-21/h7-9,11-17,19,30H,5-6,10H2,1-4H3,(H,37,44)/t19-,31+/m1/s1. The third-order valence-corrected chi connectivity index (χ3v) is 8.20. The molecular weight excluding hydrogens is 568 g/mol.